The minimum Gasteiger partial charge on any atom is -0.353 e. The summed E-state index contributed by atoms with van der Waals surface area (Å²) in [6.45, 7) is 1.96. The van der Waals surface area contributed by atoms with Crippen LogP contribution in [0, 0.1) is 24.1 Å². The topological polar surface area (TPSA) is 35.8 Å². The van der Waals surface area contributed by atoms with E-state index in [1.165, 1.54) is 0 Å². The van der Waals surface area contributed by atoms with Crippen LogP contribution in [-0.2, 0) is 0 Å². The molecule has 0 radical (unpaired) electrons. The Balaban J connectivity index is 2.36. The standard InChI is InChI=1S/C14H9Br2FN2/c1-8-6-10(3-4-11(8)15)19-12-5-2-9(7-18)13(16)14(12)17/h2-6,19H,1H3. The van der Waals surface area contributed by atoms with Crippen LogP contribution in [0.15, 0.2) is 39.3 Å². The van der Waals surface area contributed by atoms with Gasteiger partial charge in [-0.05, 0) is 58.7 Å². The second kappa shape index (κ2) is 5.72. The van der Waals surface area contributed by atoms with E-state index < -0.39 is 5.82 Å². The van der Waals surface area contributed by atoms with Crippen molar-refractivity contribution in [1.29, 1.82) is 5.26 Å². The van der Waals surface area contributed by atoms with Gasteiger partial charge in [0.2, 0.25) is 0 Å². The summed E-state index contributed by atoms with van der Waals surface area (Å²) in [6, 6.07) is 10.7. The summed E-state index contributed by atoms with van der Waals surface area (Å²) < 4.78 is 15.2. The number of hydrogen-bond donors (Lipinski definition) is 1. The molecule has 0 heterocycles. The first kappa shape index (κ1) is 14.0. The summed E-state index contributed by atoms with van der Waals surface area (Å²) in [6.07, 6.45) is 0. The number of anilines is 2. The molecule has 0 spiro atoms. The maximum atomic E-state index is 14.0. The number of nitriles is 1. The lowest BCUT2D eigenvalue weighted by Gasteiger charge is -2.10. The van der Waals surface area contributed by atoms with Crippen LogP contribution in [-0.4, -0.2) is 0 Å². The first-order valence-corrected chi connectivity index (χ1v) is 7.03. The van der Waals surface area contributed by atoms with Gasteiger partial charge in [0.25, 0.3) is 0 Å². The lowest BCUT2D eigenvalue weighted by Crippen LogP contribution is -1.96. The van der Waals surface area contributed by atoms with Gasteiger partial charge < -0.3 is 5.32 Å². The largest absolute Gasteiger partial charge is 0.353 e. The van der Waals surface area contributed by atoms with Crippen molar-refractivity contribution in [1.82, 2.24) is 0 Å². The first-order valence-electron chi connectivity index (χ1n) is 5.44. The molecule has 0 atom stereocenters. The summed E-state index contributed by atoms with van der Waals surface area (Å²) in [7, 11) is 0. The zero-order valence-corrected chi connectivity index (χ0v) is 13.1. The Hall–Kier alpha value is -1.38. The second-order valence-electron chi connectivity index (χ2n) is 3.99. The van der Waals surface area contributed by atoms with E-state index >= 15 is 0 Å². The molecule has 2 rings (SSSR count). The highest BCUT2D eigenvalue weighted by Gasteiger charge is 2.11. The van der Waals surface area contributed by atoms with Crippen LogP contribution in [0.25, 0.3) is 0 Å². The molecule has 5 heteroatoms. The van der Waals surface area contributed by atoms with Crippen molar-refractivity contribution in [2.75, 3.05) is 5.32 Å². The second-order valence-corrected chi connectivity index (χ2v) is 5.64. The van der Waals surface area contributed by atoms with E-state index in [-0.39, 0.29) is 10.0 Å². The lowest BCUT2D eigenvalue weighted by atomic mass is 10.2. The third kappa shape index (κ3) is 2.96. The summed E-state index contributed by atoms with van der Waals surface area (Å²) in [4.78, 5) is 0. The molecule has 1 N–H and O–H groups in total. The van der Waals surface area contributed by atoms with Crippen molar-refractivity contribution in [2.45, 2.75) is 6.92 Å². The van der Waals surface area contributed by atoms with Gasteiger partial charge in [0.05, 0.1) is 15.7 Å². The SMILES string of the molecule is Cc1cc(Nc2ccc(C#N)c(Br)c2F)ccc1Br. The van der Waals surface area contributed by atoms with Gasteiger partial charge in [-0.1, -0.05) is 15.9 Å². The van der Waals surface area contributed by atoms with Gasteiger partial charge in [-0.2, -0.15) is 5.26 Å². The Bertz CT molecular complexity index is 678. The van der Waals surface area contributed by atoms with Crippen molar-refractivity contribution in [3.8, 4) is 6.07 Å². The number of aryl methyl sites for hydroxylation is 1. The molecule has 0 saturated heterocycles. The summed E-state index contributed by atoms with van der Waals surface area (Å²) >= 11 is 6.50. The van der Waals surface area contributed by atoms with Crippen molar-refractivity contribution in [2.24, 2.45) is 0 Å². The van der Waals surface area contributed by atoms with Crippen LogP contribution < -0.4 is 5.32 Å². The summed E-state index contributed by atoms with van der Waals surface area (Å²) in [5.74, 6) is -0.473. The molecular weight excluding hydrogens is 375 g/mol. The summed E-state index contributed by atoms with van der Waals surface area (Å²) in [5, 5.41) is 11.8. The van der Waals surface area contributed by atoms with Gasteiger partial charge in [-0.25, -0.2) is 4.39 Å². The van der Waals surface area contributed by atoms with Crippen molar-refractivity contribution in [3.63, 3.8) is 0 Å². The van der Waals surface area contributed by atoms with E-state index in [9.17, 15) is 4.39 Å². The highest BCUT2D eigenvalue weighted by Crippen LogP contribution is 2.29. The Kier molecular flexibility index (Phi) is 4.23. The molecule has 96 valence electrons. The fourth-order valence-electron chi connectivity index (χ4n) is 1.61. The number of rotatable bonds is 2. The number of nitrogens with zero attached hydrogens (tertiary/aromatic N) is 1. The maximum absolute atomic E-state index is 14.0. The highest BCUT2D eigenvalue weighted by molar-refractivity contribution is 9.10. The van der Waals surface area contributed by atoms with Gasteiger partial charge in [0.15, 0.2) is 5.82 Å². The zero-order chi connectivity index (χ0) is 14.0. The predicted molar refractivity (Wildman–Crippen MR) is 81.0 cm³/mol. The Morgan fingerprint density at radius 2 is 1.95 bits per heavy atom. The summed E-state index contributed by atoms with van der Waals surface area (Å²) in [5.41, 5.74) is 2.44. The van der Waals surface area contributed by atoms with Crippen LogP contribution >= 0.6 is 31.9 Å². The maximum Gasteiger partial charge on any atom is 0.162 e. The molecule has 0 fully saturated rings. The lowest BCUT2D eigenvalue weighted by molar-refractivity contribution is 0.624. The monoisotopic (exact) mass is 382 g/mol. The Morgan fingerprint density at radius 3 is 2.58 bits per heavy atom. The van der Waals surface area contributed by atoms with E-state index in [1.807, 2.05) is 31.2 Å². The average molecular weight is 384 g/mol. The van der Waals surface area contributed by atoms with Crippen LogP contribution in [0.1, 0.15) is 11.1 Å². The minimum absolute atomic E-state index is 0.175. The van der Waals surface area contributed by atoms with Crippen LogP contribution in [0.4, 0.5) is 15.8 Å². The van der Waals surface area contributed by atoms with Crippen LogP contribution in [0.5, 0.6) is 0 Å². The third-order valence-corrected chi connectivity index (χ3v) is 4.30. The average Bonchev–Trinajstić information content (AvgIpc) is 2.40. The number of benzene rings is 2. The molecule has 0 aromatic heterocycles. The molecule has 19 heavy (non-hydrogen) atoms. The Morgan fingerprint density at radius 1 is 1.21 bits per heavy atom. The zero-order valence-electron chi connectivity index (χ0n) is 9.97. The molecule has 0 aliphatic heterocycles. The fourth-order valence-corrected chi connectivity index (χ4v) is 2.29. The molecule has 0 bridgehead atoms. The van der Waals surface area contributed by atoms with Crippen LogP contribution in [0.2, 0.25) is 0 Å². The highest BCUT2D eigenvalue weighted by atomic mass is 79.9. The molecule has 0 aliphatic rings. The molecular formula is C14H9Br2FN2. The molecule has 0 unspecified atom stereocenters. The van der Waals surface area contributed by atoms with E-state index in [1.54, 1.807) is 12.1 Å². The van der Waals surface area contributed by atoms with E-state index in [2.05, 4.69) is 37.2 Å². The molecule has 0 saturated carbocycles. The van der Waals surface area contributed by atoms with Gasteiger partial charge in [0, 0.05) is 10.2 Å². The Labute approximate surface area is 127 Å². The molecule has 2 nitrogen and oxygen atoms in total. The van der Waals surface area contributed by atoms with Gasteiger partial charge in [-0.3, -0.25) is 0 Å². The number of nitrogens with one attached hydrogen (secondary N) is 1. The van der Waals surface area contributed by atoms with Gasteiger partial charge >= 0.3 is 0 Å². The molecule has 0 amide bonds. The molecule has 0 aliphatic carbocycles. The van der Waals surface area contributed by atoms with Crippen molar-refractivity contribution in [3.05, 3.63) is 56.2 Å². The predicted octanol–water partition coefficient (Wildman–Crippen LogP) is 5.27. The van der Waals surface area contributed by atoms with E-state index in [0.29, 0.717) is 5.69 Å². The minimum atomic E-state index is -0.473. The fraction of sp³-hybridized carbons (Fsp3) is 0.0714. The molecule has 2 aromatic carbocycles. The van der Waals surface area contributed by atoms with Crippen molar-refractivity contribution < 1.29 is 4.39 Å². The van der Waals surface area contributed by atoms with Gasteiger partial charge in [-0.15, -0.1) is 0 Å². The third-order valence-electron chi connectivity index (χ3n) is 2.64. The quantitative estimate of drug-likeness (QED) is 0.766. The molecule has 2 aromatic rings. The number of hydrogen-bond acceptors (Lipinski definition) is 2. The van der Waals surface area contributed by atoms with Crippen LogP contribution in [0.3, 0.4) is 0 Å². The normalized spacial score (nSPS) is 10.1. The van der Waals surface area contributed by atoms with Crippen molar-refractivity contribution >= 4 is 43.2 Å². The van der Waals surface area contributed by atoms with E-state index in [0.717, 1.165) is 15.7 Å². The smallest absolute Gasteiger partial charge is 0.162 e. The van der Waals surface area contributed by atoms with E-state index in [4.69, 9.17) is 5.26 Å². The number of halogens is 3. The van der Waals surface area contributed by atoms with Gasteiger partial charge in [0.1, 0.15) is 6.07 Å². The first-order chi connectivity index (χ1) is 9.02.